The molecule has 1 unspecified atom stereocenters. The van der Waals surface area contributed by atoms with Gasteiger partial charge in [0.1, 0.15) is 0 Å². The van der Waals surface area contributed by atoms with Gasteiger partial charge in [0.05, 0.1) is 0 Å². The Labute approximate surface area is 102 Å². The molecule has 0 aliphatic carbocycles. The largest absolute Gasteiger partial charge is 0.343 e. The fourth-order valence-corrected chi connectivity index (χ4v) is 2.44. The van der Waals surface area contributed by atoms with Crippen molar-refractivity contribution in [3.8, 4) is 0 Å². The lowest BCUT2D eigenvalue weighted by Gasteiger charge is -2.20. The number of hydrogen-bond acceptors (Lipinski definition) is 1. The molecule has 2 nitrogen and oxygen atoms in total. The molecule has 0 N–H and O–H groups in total. The topological polar surface area (TPSA) is 20.3 Å². The molecule has 1 fully saturated rings. The number of carbonyl (C=O) groups excluding carboxylic acids is 1. The summed E-state index contributed by atoms with van der Waals surface area (Å²) >= 11 is 3.39. The predicted molar refractivity (Wildman–Crippen MR) is 67.2 cm³/mol. The van der Waals surface area contributed by atoms with Crippen LogP contribution >= 0.6 is 15.9 Å². The average molecular weight is 276 g/mol. The van der Waals surface area contributed by atoms with Crippen molar-refractivity contribution in [1.29, 1.82) is 0 Å². The first-order chi connectivity index (χ1) is 7.24. The summed E-state index contributed by atoms with van der Waals surface area (Å²) in [5.74, 6) is 1.16. The monoisotopic (exact) mass is 275 g/mol. The Hall–Kier alpha value is -0.0500. The van der Waals surface area contributed by atoms with Gasteiger partial charge in [0.2, 0.25) is 5.91 Å². The van der Waals surface area contributed by atoms with Gasteiger partial charge in [0.25, 0.3) is 0 Å². The summed E-state index contributed by atoms with van der Waals surface area (Å²) in [4.78, 5) is 13.9. The lowest BCUT2D eigenvalue weighted by molar-refractivity contribution is -0.131. The molecule has 0 aromatic heterocycles. The van der Waals surface area contributed by atoms with E-state index in [1.165, 1.54) is 19.3 Å². The van der Waals surface area contributed by atoms with Gasteiger partial charge in [-0.25, -0.2) is 0 Å². The number of nitrogens with zero attached hydrogens (tertiary/aromatic N) is 1. The maximum absolute atomic E-state index is 11.8. The second-order valence-corrected chi connectivity index (χ2v) is 5.36. The van der Waals surface area contributed by atoms with Crippen LogP contribution in [0.4, 0.5) is 0 Å². The highest BCUT2D eigenvalue weighted by atomic mass is 79.9. The Morgan fingerprint density at radius 2 is 2.13 bits per heavy atom. The first kappa shape index (κ1) is 13.0. The van der Waals surface area contributed by atoms with E-state index < -0.39 is 0 Å². The summed E-state index contributed by atoms with van der Waals surface area (Å²) in [5, 5.41) is 1.01. The van der Waals surface area contributed by atoms with E-state index in [9.17, 15) is 4.79 Å². The molecule has 1 atom stereocenters. The standard InChI is InChI=1S/C12H22BrNO/c1-11-5-4-9-14(10-7-11)12(15)6-2-3-8-13/h11H,2-10H2,1H3. The SMILES string of the molecule is CC1CCCN(C(=O)CCCCBr)CC1. The number of halogens is 1. The molecule has 3 heteroatoms. The number of likely N-dealkylation sites (tertiary alicyclic amines) is 1. The maximum Gasteiger partial charge on any atom is 0.222 e. The second-order valence-electron chi connectivity index (χ2n) is 4.56. The van der Waals surface area contributed by atoms with E-state index in [4.69, 9.17) is 0 Å². The molecule has 0 aromatic carbocycles. The van der Waals surface area contributed by atoms with E-state index in [0.717, 1.165) is 43.6 Å². The molecule has 1 heterocycles. The molecule has 1 aliphatic heterocycles. The molecule has 1 saturated heterocycles. The van der Waals surface area contributed by atoms with Gasteiger partial charge in [0.15, 0.2) is 0 Å². The van der Waals surface area contributed by atoms with E-state index in [1.54, 1.807) is 0 Å². The van der Waals surface area contributed by atoms with Crippen molar-refractivity contribution in [3.05, 3.63) is 0 Å². The van der Waals surface area contributed by atoms with Crippen molar-refractivity contribution < 1.29 is 4.79 Å². The van der Waals surface area contributed by atoms with E-state index in [0.29, 0.717) is 5.91 Å². The molecule has 1 aliphatic rings. The zero-order valence-electron chi connectivity index (χ0n) is 9.67. The first-order valence-electron chi connectivity index (χ1n) is 6.07. The van der Waals surface area contributed by atoms with Crippen molar-refractivity contribution in [2.24, 2.45) is 5.92 Å². The number of hydrogen-bond donors (Lipinski definition) is 0. The van der Waals surface area contributed by atoms with Crippen LogP contribution in [-0.4, -0.2) is 29.2 Å². The summed E-state index contributed by atoms with van der Waals surface area (Å²) in [7, 11) is 0. The number of carbonyl (C=O) groups is 1. The minimum Gasteiger partial charge on any atom is -0.343 e. The maximum atomic E-state index is 11.8. The third-order valence-corrected chi connectivity index (χ3v) is 3.70. The Kier molecular flexibility index (Phi) is 6.30. The van der Waals surface area contributed by atoms with Gasteiger partial charge in [0, 0.05) is 24.8 Å². The number of rotatable bonds is 4. The van der Waals surface area contributed by atoms with E-state index >= 15 is 0 Å². The lowest BCUT2D eigenvalue weighted by Crippen LogP contribution is -2.31. The fraction of sp³-hybridized carbons (Fsp3) is 0.917. The highest BCUT2D eigenvalue weighted by Crippen LogP contribution is 2.17. The third kappa shape index (κ3) is 5.01. The Morgan fingerprint density at radius 3 is 2.87 bits per heavy atom. The highest BCUT2D eigenvalue weighted by Gasteiger charge is 2.17. The smallest absolute Gasteiger partial charge is 0.222 e. The summed E-state index contributed by atoms with van der Waals surface area (Å²) in [6.07, 6.45) is 6.52. The van der Waals surface area contributed by atoms with Gasteiger partial charge in [-0.1, -0.05) is 22.9 Å². The summed E-state index contributed by atoms with van der Waals surface area (Å²) in [6.45, 7) is 4.25. The van der Waals surface area contributed by atoms with Crippen molar-refractivity contribution in [3.63, 3.8) is 0 Å². The van der Waals surface area contributed by atoms with Gasteiger partial charge in [-0.3, -0.25) is 4.79 Å². The normalized spacial score (nSPS) is 22.5. The molecule has 0 bridgehead atoms. The van der Waals surface area contributed by atoms with Crippen molar-refractivity contribution >= 4 is 21.8 Å². The summed E-state index contributed by atoms with van der Waals surface area (Å²) in [5.41, 5.74) is 0. The molecule has 0 spiro atoms. The van der Waals surface area contributed by atoms with Crippen molar-refractivity contribution in [2.75, 3.05) is 18.4 Å². The molecule has 0 saturated carbocycles. The van der Waals surface area contributed by atoms with Crippen LogP contribution in [-0.2, 0) is 4.79 Å². The quantitative estimate of drug-likeness (QED) is 0.570. The van der Waals surface area contributed by atoms with Gasteiger partial charge in [-0.2, -0.15) is 0 Å². The average Bonchev–Trinajstić information content (AvgIpc) is 2.43. The van der Waals surface area contributed by atoms with Gasteiger partial charge in [-0.15, -0.1) is 0 Å². The van der Waals surface area contributed by atoms with Crippen molar-refractivity contribution in [2.45, 2.75) is 45.4 Å². The number of unbranched alkanes of at least 4 members (excludes halogenated alkanes) is 1. The third-order valence-electron chi connectivity index (χ3n) is 3.14. The number of amides is 1. The zero-order chi connectivity index (χ0) is 11.1. The van der Waals surface area contributed by atoms with Crippen LogP contribution in [0.15, 0.2) is 0 Å². The molecular weight excluding hydrogens is 254 g/mol. The summed E-state index contributed by atoms with van der Waals surface area (Å²) in [6, 6.07) is 0. The Bertz CT molecular complexity index is 196. The Morgan fingerprint density at radius 1 is 1.33 bits per heavy atom. The van der Waals surface area contributed by atoms with Crippen LogP contribution in [0, 0.1) is 5.92 Å². The zero-order valence-corrected chi connectivity index (χ0v) is 11.3. The minimum absolute atomic E-state index is 0.366. The fourth-order valence-electron chi connectivity index (χ4n) is 2.04. The van der Waals surface area contributed by atoms with Crippen LogP contribution in [0.5, 0.6) is 0 Å². The van der Waals surface area contributed by atoms with E-state index in [2.05, 4.69) is 27.8 Å². The van der Waals surface area contributed by atoms with Gasteiger partial charge < -0.3 is 4.90 Å². The molecule has 1 amide bonds. The molecule has 0 radical (unpaired) electrons. The van der Waals surface area contributed by atoms with Crippen LogP contribution in [0.3, 0.4) is 0 Å². The molecule has 88 valence electrons. The Balaban J connectivity index is 2.25. The van der Waals surface area contributed by atoms with Crippen LogP contribution < -0.4 is 0 Å². The second kappa shape index (κ2) is 7.26. The first-order valence-corrected chi connectivity index (χ1v) is 7.20. The van der Waals surface area contributed by atoms with E-state index in [-0.39, 0.29) is 0 Å². The summed E-state index contributed by atoms with van der Waals surface area (Å²) < 4.78 is 0. The van der Waals surface area contributed by atoms with Crippen LogP contribution in [0.1, 0.15) is 45.4 Å². The molecule has 0 aromatic rings. The molecule has 1 rings (SSSR count). The van der Waals surface area contributed by atoms with Crippen LogP contribution in [0.2, 0.25) is 0 Å². The minimum atomic E-state index is 0.366. The number of alkyl halides is 1. The molecular formula is C12H22BrNO. The highest BCUT2D eigenvalue weighted by molar-refractivity contribution is 9.09. The van der Waals surface area contributed by atoms with Gasteiger partial charge >= 0.3 is 0 Å². The van der Waals surface area contributed by atoms with Crippen molar-refractivity contribution in [1.82, 2.24) is 4.90 Å². The van der Waals surface area contributed by atoms with Gasteiger partial charge in [-0.05, 0) is 38.0 Å². The predicted octanol–water partition coefficient (Wildman–Crippen LogP) is 3.20. The molecule has 15 heavy (non-hydrogen) atoms. The van der Waals surface area contributed by atoms with E-state index in [1.807, 2.05) is 0 Å². The lowest BCUT2D eigenvalue weighted by atomic mass is 10.0. The van der Waals surface area contributed by atoms with Crippen LogP contribution in [0.25, 0.3) is 0 Å².